The second-order valence-corrected chi connectivity index (χ2v) is 10.8. The van der Waals surface area contributed by atoms with Crippen molar-refractivity contribution in [3.8, 4) is 0 Å². The highest BCUT2D eigenvalue weighted by Gasteiger charge is 2.27. The molecule has 10 heteroatoms. The summed E-state index contributed by atoms with van der Waals surface area (Å²) in [4.78, 5) is 25.1. The number of nitrogens with one attached hydrogen (secondary N) is 3. The first-order valence-corrected chi connectivity index (χ1v) is 11.6. The van der Waals surface area contributed by atoms with Crippen molar-refractivity contribution in [2.75, 3.05) is 0 Å². The van der Waals surface area contributed by atoms with Gasteiger partial charge in [0, 0.05) is 0 Å². The number of carbonyl (C=O) groups is 2. The summed E-state index contributed by atoms with van der Waals surface area (Å²) in [6, 6.07) is 8.65. The summed E-state index contributed by atoms with van der Waals surface area (Å²) in [5.41, 5.74) is 5.55. The number of carbonyl (C=O) groups excluding carboxylic acids is 2. The van der Waals surface area contributed by atoms with Crippen molar-refractivity contribution in [3.63, 3.8) is 0 Å². The fourth-order valence-corrected chi connectivity index (χ4v) is 4.85. The predicted octanol–water partition coefficient (Wildman–Crippen LogP) is 2.97. The van der Waals surface area contributed by atoms with E-state index < -0.39 is 27.9 Å². The van der Waals surface area contributed by atoms with Gasteiger partial charge in [0.15, 0.2) is 0 Å². The minimum atomic E-state index is -3.88. The van der Waals surface area contributed by atoms with E-state index in [1.807, 2.05) is 20.8 Å². The van der Waals surface area contributed by atoms with Gasteiger partial charge >= 0.3 is 0 Å². The van der Waals surface area contributed by atoms with Crippen molar-refractivity contribution in [1.82, 2.24) is 15.6 Å². The molecule has 7 nitrogen and oxygen atoms in total. The van der Waals surface area contributed by atoms with Crippen LogP contribution in [0.3, 0.4) is 0 Å². The summed E-state index contributed by atoms with van der Waals surface area (Å²) >= 11 is 4.48. The van der Waals surface area contributed by atoms with E-state index in [0.29, 0.717) is 4.88 Å². The molecular weight excluding hydrogens is 466 g/mol. The lowest BCUT2D eigenvalue weighted by atomic mass is 10.0. The number of rotatable bonds is 7. The molecule has 1 aromatic heterocycles. The maximum Gasteiger partial charge on any atom is 0.279 e. The fourth-order valence-electron chi connectivity index (χ4n) is 2.36. The van der Waals surface area contributed by atoms with Gasteiger partial charge in [-0.2, -0.15) is 4.72 Å². The average molecular weight is 488 g/mol. The lowest BCUT2D eigenvalue weighted by molar-refractivity contribution is -0.123. The Morgan fingerprint density at radius 3 is 2.25 bits per heavy atom. The molecule has 0 aliphatic carbocycles. The Labute approximate surface area is 177 Å². The summed E-state index contributed by atoms with van der Waals surface area (Å²) in [5.74, 6) is -1.05. The molecule has 2 rings (SSSR count). The van der Waals surface area contributed by atoms with E-state index in [1.54, 1.807) is 24.3 Å². The van der Waals surface area contributed by atoms with E-state index in [9.17, 15) is 18.0 Å². The minimum absolute atomic E-state index is 0.0559. The van der Waals surface area contributed by atoms with Crippen molar-refractivity contribution in [2.24, 2.45) is 5.92 Å². The first-order chi connectivity index (χ1) is 13.1. The third kappa shape index (κ3) is 6.40. The Kier molecular flexibility index (Phi) is 7.76. The Morgan fingerprint density at radius 2 is 1.71 bits per heavy atom. The predicted molar refractivity (Wildman–Crippen MR) is 112 cm³/mol. The number of sulfonamides is 1. The van der Waals surface area contributed by atoms with Gasteiger partial charge in [-0.15, -0.1) is 11.3 Å². The lowest BCUT2D eigenvalue weighted by Crippen LogP contribution is -2.52. The van der Waals surface area contributed by atoms with Crippen LogP contribution in [0.2, 0.25) is 0 Å². The van der Waals surface area contributed by atoms with Gasteiger partial charge in [0.25, 0.3) is 11.8 Å². The Balaban J connectivity index is 2.08. The number of halogens is 1. The molecule has 1 aromatic carbocycles. The maximum absolute atomic E-state index is 12.6. The van der Waals surface area contributed by atoms with Crippen molar-refractivity contribution in [2.45, 2.75) is 38.1 Å². The smallest absolute Gasteiger partial charge is 0.271 e. The summed E-state index contributed by atoms with van der Waals surface area (Å²) < 4.78 is 28.5. The van der Waals surface area contributed by atoms with Gasteiger partial charge in [0.1, 0.15) is 6.04 Å². The van der Waals surface area contributed by atoms with Crippen molar-refractivity contribution < 1.29 is 18.0 Å². The molecule has 0 radical (unpaired) electrons. The first kappa shape index (κ1) is 22.5. The molecular formula is C18H22BrN3O4S2. The Hall–Kier alpha value is -1.75. The van der Waals surface area contributed by atoms with Crippen LogP contribution in [0.5, 0.6) is 0 Å². The number of hydrogen-bond acceptors (Lipinski definition) is 5. The maximum atomic E-state index is 12.6. The summed E-state index contributed by atoms with van der Waals surface area (Å²) in [6.07, 6.45) is 0.275. The van der Waals surface area contributed by atoms with E-state index in [1.165, 1.54) is 23.5 Å². The van der Waals surface area contributed by atoms with Crippen molar-refractivity contribution in [3.05, 3.63) is 50.6 Å². The van der Waals surface area contributed by atoms with Crippen LogP contribution in [0.4, 0.5) is 0 Å². The largest absolute Gasteiger partial charge is 0.279 e. The van der Waals surface area contributed by atoms with Crippen LogP contribution in [0.25, 0.3) is 0 Å². The van der Waals surface area contributed by atoms with E-state index in [-0.39, 0.29) is 17.2 Å². The number of amides is 2. The molecule has 0 saturated carbocycles. The van der Waals surface area contributed by atoms with Crippen LogP contribution in [-0.4, -0.2) is 26.3 Å². The molecule has 0 unspecified atom stereocenters. The normalized spacial score (nSPS) is 12.6. The molecule has 28 heavy (non-hydrogen) atoms. The molecule has 0 bridgehead atoms. The summed E-state index contributed by atoms with van der Waals surface area (Å²) in [7, 11) is -3.88. The van der Waals surface area contributed by atoms with Crippen LogP contribution in [-0.2, 0) is 14.8 Å². The van der Waals surface area contributed by atoms with Crippen molar-refractivity contribution in [1.29, 1.82) is 0 Å². The van der Waals surface area contributed by atoms with Crippen LogP contribution in [0.15, 0.2) is 45.1 Å². The monoisotopic (exact) mass is 487 g/mol. The van der Waals surface area contributed by atoms with Crippen LogP contribution >= 0.6 is 27.3 Å². The van der Waals surface area contributed by atoms with E-state index in [4.69, 9.17) is 0 Å². The van der Waals surface area contributed by atoms with Crippen LogP contribution < -0.4 is 15.6 Å². The zero-order valence-electron chi connectivity index (χ0n) is 15.7. The minimum Gasteiger partial charge on any atom is -0.271 e. The number of benzene rings is 1. The molecule has 1 heterocycles. The standard InChI is InChI=1S/C18H22BrN3O4S2/c1-11(2)10-14(22-28(25,26)13-6-4-12(3)5-7-13)17(23)20-21-18(24)15-8-9-16(19)27-15/h4-9,11,14,22H,10H2,1-3H3,(H,20,23)(H,21,24)/t14-/m1/s1. The zero-order chi connectivity index (χ0) is 20.9. The number of thiophene rings is 1. The molecule has 2 amide bonds. The number of aryl methyl sites for hydroxylation is 1. The van der Waals surface area contributed by atoms with E-state index in [2.05, 4.69) is 31.5 Å². The van der Waals surface area contributed by atoms with Crippen molar-refractivity contribution >= 4 is 49.1 Å². The molecule has 0 aliphatic rings. The molecule has 0 saturated heterocycles. The molecule has 0 fully saturated rings. The molecule has 2 aromatic rings. The van der Waals surface area contributed by atoms with Gasteiger partial charge in [-0.1, -0.05) is 31.5 Å². The molecule has 3 N–H and O–H groups in total. The lowest BCUT2D eigenvalue weighted by Gasteiger charge is -2.20. The molecule has 152 valence electrons. The molecule has 0 aliphatic heterocycles. The highest BCUT2D eigenvalue weighted by Crippen LogP contribution is 2.21. The second kappa shape index (κ2) is 9.64. The van der Waals surface area contributed by atoms with Gasteiger partial charge in [-0.05, 0) is 59.5 Å². The highest BCUT2D eigenvalue weighted by molar-refractivity contribution is 9.11. The third-order valence-electron chi connectivity index (χ3n) is 3.75. The Bertz CT molecular complexity index is 940. The first-order valence-electron chi connectivity index (χ1n) is 8.53. The number of hydrazine groups is 1. The highest BCUT2D eigenvalue weighted by atomic mass is 79.9. The van der Waals surface area contributed by atoms with Crippen LogP contribution in [0, 0.1) is 12.8 Å². The topological polar surface area (TPSA) is 104 Å². The molecule has 0 spiro atoms. The summed E-state index contributed by atoms with van der Waals surface area (Å²) in [5, 5.41) is 0. The van der Waals surface area contributed by atoms with Crippen LogP contribution in [0.1, 0.15) is 35.5 Å². The third-order valence-corrected chi connectivity index (χ3v) is 6.86. The molecule has 1 atom stereocenters. The van der Waals surface area contributed by atoms with Gasteiger partial charge < -0.3 is 0 Å². The van der Waals surface area contributed by atoms with Gasteiger partial charge in [-0.25, -0.2) is 8.42 Å². The van der Waals surface area contributed by atoms with E-state index >= 15 is 0 Å². The van der Waals surface area contributed by atoms with Gasteiger partial charge in [0.2, 0.25) is 10.0 Å². The second-order valence-electron chi connectivity index (χ2n) is 6.66. The van der Waals surface area contributed by atoms with Gasteiger partial charge in [0.05, 0.1) is 13.6 Å². The SMILES string of the molecule is Cc1ccc(S(=O)(=O)N[C@H](CC(C)C)C(=O)NNC(=O)c2ccc(Br)s2)cc1. The zero-order valence-corrected chi connectivity index (χ0v) is 18.9. The van der Waals surface area contributed by atoms with E-state index in [0.717, 1.165) is 9.35 Å². The quantitative estimate of drug-likeness (QED) is 0.522. The fraction of sp³-hybridized carbons (Fsp3) is 0.333. The Morgan fingerprint density at radius 1 is 1.07 bits per heavy atom. The number of hydrogen-bond donors (Lipinski definition) is 3. The summed E-state index contributed by atoms with van der Waals surface area (Å²) in [6.45, 7) is 5.61. The average Bonchev–Trinajstić information content (AvgIpc) is 3.05. The van der Waals surface area contributed by atoms with Gasteiger partial charge in [-0.3, -0.25) is 20.4 Å².